The minimum absolute atomic E-state index is 0.118. The van der Waals surface area contributed by atoms with Crippen LogP contribution in [0.4, 0.5) is 0 Å². The third-order valence-corrected chi connectivity index (χ3v) is 5.59. The van der Waals surface area contributed by atoms with E-state index in [0.29, 0.717) is 11.6 Å². The lowest BCUT2D eigenvalue weighted by Crippen LogP contribution is -2.24. The first-order chi connectivity index (χ1) is 12.8. The second kappa shape index (κ2) is 7.76. The largest absolute Gasteiger partial charge is 0.507 e. The van der Waals surface area contributed by atoms with Crippen LogP contribution in [0.25, 0.3) is 0 Å². The van der Waals surface area contributed by atoms with Crippen LogP contribution in [0.15, 0.2) is 27.6 Å². The second-order valence-corrected chi connectivity index (χ2v) is 8.87. The minimum atomic E-state index is -0.365. The van der Waals surface area contributed by atoms with Crippen LogP contribution in [0.2, 0.25) is 0 Å². The molecule has 7 heteroatoms. The molecule has 1 aromatic heterocycles. The number of aromatic hydroxyl groups is 3. The van der Waals surface area contributed by atoms with E-state index in [1.54, 1.807) is 11.3 Å². The van der Waals surface area contributed by atoms with Crippen LogP contribution in [0.1, 0.15) is 64.1 Å². The van der Waals surface area contributed by atoms with Crippen LogP contribution in [0.3, 0.4) is 0 Å². The molecule has 0 amide bonds. The van der Waals surface area contributed by atoms with Crippen LogP contribution < -0.4 is 4.80 Å². The summed E-state index contributed by atoms with van der Waals surface area (Å²) in [5.41, 5.74) is 1.24. The van der Waals surface area contributed by atoms with E-state index in [2.05, 4.69) is 31.3 Å². The van der Waals surface area contributed by atoms with Gasteiger partial charge in [-0.3, -0.25) is 4.99 Å². The SMILES string of the molecule is CC(C)(C)c1csc(=NC2CCCCC2)n1/N=C/c1cc(O)c(O)cc1O. The van der Waals surface area contributed by atoms with Gasteiger partial charge in [-0.25, -0.2) is 4.68 Å². The summed E-state index contributed by atoms with van der Waals surface area (Å²) in [6.07, 6.45) is 7.42. The third kappa shape index (κ3) is 4.53. The fourth-order valence-corrected chi connectivity index (χ4v) is 4.30. The third-order valence-electron chi connectivity index (χ3n) is 4.76. The van der Waals surface area contributed by atoms with Gasteiger partial charge in [0, 0.05) is 22.4 Å². The van der Waals surface area contributed by atoms with Gasteiger partial charge in [0.1, 0.15) is 5.75 Å². The fraction of sp³-hybridized carbons (Fsp3) is 0.500. The summed E-state index contributed by atoms with van der Waals surface area (Å²) in [5, 5.41) is 35.8. The van der Waals surface area contributed by atoms with Gasteiger partial charge in [-0.15, -0.1) is 11.3 Å². The van der Waals surface area contributed by atoms with E-state index in [9.17, 15) is 15.3 Å². The molecule has 0 bridgehead atoms. The van der Waals surface area contributed by atoms with Crippen LogP contribution in [0, 0.1) is 0 Å². The van der Waals surface area contributed by atoms with Gasteiger partial charge in [-0.1, -0.05) is 40.0 Å². The van der Waals surface area contributed by atoms with Gasteiger partial charge in [0.15, 0.2) is 11.5 Å². The zero-order valence-electron chi connectivity index (χ0n) is 16.0. The Kier molecular flexibility index (Phi) is 5.60. The molecule has 1 heterocycles. The first-order valence-electron chi connectivity index (χ1n) is 9.30. The van der Waals surface area contributed by atoms with Gasteiger partial charge in [0.05, 0.1) is 18.0 Å². The Hall–Kier alpha value is -2.28. The molecule has 1 saturated carbocycles. The molecule has 0 radical (unpaired) electrons. The number of hydrogen-bond donors (Lipinski definition) is 3. The molecule has 3 rings (SSSR count). The lowest BCUT2D eigenvalue weighted by molar-refractivity contribution is 0.396. The summed E-state index contributed by atoms with van der Waals surface area (Å²) in [4.78, 5) is 5.77. The normalized spacial score (nSPS) is 17.1. The number of thiazole rings is 1. The standard InChI is InChI=1S/C20H27N3O3S/c1-20(2,3)18-12-27-19(22-14-7-5-4-6-8-14)23(18)21-11-13-9-16(25)17(26)10-15(13)24/h9-12,14,24-26H,4-8H2,1-3H3/b21-11+,22-19?. The highest BCUT2D eigenvalue weighted by Crippen LogP contribution is 2.31. The van der Waals surface area contributed by atoms with E-state index < -0.39 is 0 Å². The van der Waals surface area contributed by atoms with Gasteiger partial charge < -0.3 is 15.3 Å². The molecule has 0 unspecified atom stereocenters. The van der Waals surface area contributed by atoms with Gasteiger partial charge in [-0.05, 0) is 18.9 Å². The number of phenolic OH excluding ortho intramolecular Hbond substituents is 3. The van der Waals surface area contributed by atoms with Crippen LogP contribution >= 0.6 is 11.3 Å². The van der Waals surface area contributed by atoms with Gasteiger partial charge in [0.2, 0.25) is 4.80 Å². The van der Waals surface area contributed by atoms with E-state index >= 15 is 0 Å². The average Bonchev–Trinajstić information content (AvgIpc) is 3.01. The number of hydrogen-bond acceptors (Lipinski definition) is 6. The van der Waals surface area contributed by atoms with Crippen molar-refractivity contribution in [2.24, 2.45) is 10.1 Å². The van der Waals surface area contributed by atoms with Crippen molar-refractivity contribution in [3.05, 3.63) is 33.6 Å². The molecule has 27 heavy (non-hydrogen) atoms. The van der Waals surface area contributed by atoms with Crippen LogP contribution in [-0.4, -0.2) is 32.3 Å². The Morgan fingerprint density at radius 1 is 1.04 bits per heavy atom. The molecular formula is C20H27N3O3S. The van der Waals surface area contributed by atoms with Crippen molar-refractivity contribution in [1.29, 1.82) is 0 Å². The lowest BCUT2D eigenvalue weighted by Gasteiger charge is -2.19. The quantitative estimate of drug-likeness (QED) is 0.420. The van der Waals surface area contributed by atoms with Gasteiger partial charge in [0.25, 0.3) is 0 Å². The maximum atomic E-state index is 10.0. The summed E-state index contributed by atoms with van der Waals surface area (Å²) >= 11 is 1.57. The van der Waals surface area contributed by atoms with Crippen molar-refractivity contribution < 1.29 is 15.3 Å². The molecule has 6 nitrogen and oxygen atoms in total. The van der Waals surface area contributed by atoms with Crippen molar-refractivity contribution in [3.8, 4) is 17.2 Å². The number of rotatable bonds is 3. The zero-order chi connectivity index (χ0) is 19.6. The Labute approximate surface area is 163 Å². The van der Waals surface area contributed by atoms with Crippen molar-refractivity contribution in [3.63, 3.8) is 0 Å². The van der Waals surface area contributed by atoms with Crippen molar-refractivity contribution in [2.45, 2.75) is 64.3 Å². The van der Waals surface area contributed by atoms with Crippen LogP contribution in [0.5, 0.6) is 17.2 Å². The molecule has 1 aromatic carbocycles. The van der Waals surface area contributed by atoms with Gasteiger partial charge >= 0.3 is 0 Å². The number of benzene rings is 1. The summed E-state index contributed by atoms with van der Waals surface area (Å²) in [6.45, 7) is 6.36. The summed E-state index contributed by atoms with van der Waals surface area (Å²) < 4.78 is 1.82. The smallest absolute Gasteiger partial charge is 0.206 e. The highest BCUT2D eigenvalue weighted by Gasteiger charge is 2.21. The van der Waals surface area contributed by atoms with E-state index in [1.807, 2.05) is 4.68 Å². The molecule has 146 valence electrons. The minimum Gasteiger partial charge on any atom is -0.507 e. The molecule has 0 saturated heterocycles. The Morgan fingerprint density at radius 2 is 1.70 bits per heavy atom. The predicted octanol–water partition coefficient (Wildman–Crippen LogP) is 4.08. The predicted molar refractivity (Wildman–Crippen MR) is 108 cm³/mol. The maximum Gasteiger partial charge on any atom is 0.206 e. The molecule has 3 N–H and O–H groups in total. The first-order valence-corrected chi connectivity index (χ1v) is 10.2. The number of nitrogens with zero attached hydrogens (tertiary/aromatic N) is 3. The monoisotopic (exact) mass is 389 g/mol. The highest BCUT2D eigenvalue weighted by atomic mass is 32.1. The van der Waals surface area contributed by atoms with Crippen molar-refractivity contribution >= 4 is 17.6 Å². The molecule has 2 aromatic rings. The average molecular weight is 390 g/mol. The molecule has 1 aliphatic carbocycles. The molecular weight excluding hydrogens is 362 g/mol. The van der Waals surface area contributed by atoms with Crippen molar-refractivity contribution in [1.82, 2.24) is 4.68 Å². The lowest BCUT2D eigenvalue weighted by atomic mass is 9.93. The Morgan fingerprint density at radius 3 is 2.37 bits per heavy atom. The van der Waals surface area contributed by atoms with E-state index in [0.717, 1.165) is 29.4 Å². The van der Waals surface area contributed by atoms with Crippen molar-refractivity contribution in [2.75, 3.05) is 0 Å². The van der Waals surface area contributed by atoms with Crippen LogP contribution in [-0.2, 0) is 5.41 Å². The van der Waals surface area contributed by atoms with Gasteiger partial charge in [-0.2, -0.15) is 5.10 Å². The Balaban J connectivity index is 2.03. The summed E-state index contributed by atoms with van der Waals surface area (Å²) in [5.74, 6) is -0.808. The topological polar surface area (TPSA) is 90.3 Å². The zero-order valence-corrected chi connectivity index (χ0v) is 16.8. The molecule has 1 aliphatic rings. The highest BCUT2D eigenvalue weighted by molar-refractivity contribution is 7.07. The maximum absolute atomic E-state index is 10.0. The summed E-state index contributed by atoms with van der Waals surface area (Å²) in [7, 11) is 0. The van der Waals surface area contributed by atoms with E-state index in [1.165, 1.54) is 31.5 Å². The molecule has 0 aliphatic heterocycles. The number of phenols is 3. The van der Waals surface area contributed by atoms with E-state index in [-0.39, 0.29) is 22.7 Å². The fourth-order valence-electron chi connectivity index (χ4n) is 3.17. The molecule has 0 spiro atoms. The first kappa shape index (κ1) is 19.5. The van der Waals surface area contributed by atoms with E-state index in [4.69, 9.17) is 4.99 Å². The Bertz CT molecular complexity index is 900. The molecule has 1 fully saturated rings. The number of aromatic nitrogens is 1. The molecule has 0 atom stereocenters. The summed E-state index contributed by atoms with van der Waals surface area (Å²) in [6, 6.07) is 2.72. The second-order valence-electron chi connectivity index (χ2n) is 8.03.